The number of benzene rings is 1. The van der Waals surface area contributed by atoms with Crippen LogP contribution in [0.5, 0.6) is 0 Å². The van der Waals surface area contributed by atoms with Crippen LogP contribution in [0, 0.1) is 0 Å². The predicted molar refractivity (Wildman–Crippen MR) is 77.9 cm³/mol. The lowest BCUT2D eigenvalue weighted by Gasteiger charge is -2.12. The standard InChI is InChI=1S/C16H16N2O3/c1-11(14-8-3-4-9-18-14)21-16(20)13-7-5-6-12(10-13)15(19)17-2/h3-11H,1-2H3,(H,17,19). The minimum absolute atomic E-state index is 0.248. The Hall–Kier alpha value is -2.69. The number of hydrogen-bond donors (Lipinski definition) is 1. The fourth-order valence-electron chi connectivity index (χ4n) is 1.84. The molecule has 0 fully saturated rings. The van der Waals surface area contributed by atoms with E-state index < -0.39 is 12.1 Å². The molecule has 0 radical (unpaired) electrons. The Morgan fingerprint density at radius 3 is 2.57 bits per heavy atom. The molecule has 1 unspecified atom stereocenters. The third-order valence-electron chi connectivity index (χ3n) is 2.98. The minimum atomic E-state index is -0.487. The average Bonchev–Trinajstić information content (AvgIpc) is 2.55. The van der Waals surface area contributed by atoms with Gasteiger partial charge in [0.25, 0.3) is 5.91 Å². The third-order valence-corrected chi connectivity index (χ3v) is 2.98. The molecule has 0 saturated heterocycles. The van der Waals surface area contributed by atoms with E-state index in [2.05, 4.69) is 10.3 Å². The second-order valence-electron chi connectivity index (χ2n) is 4.46. The Morgan fingerprint density at radius 1 is 1.14 bits per heavy atom. The Bertz CT molecular complexity index is 641. The van der Waals surface area contributed by atoms with Gasteiger partial charge in [-0.1, -0.05) is 12.1 Å². The van der Waals surface area contributed by atoms with E-state index in [0.717, 1.165) is 0 Å². The summed E-state index contributed by atoms with van der Waals surface area (Å²) >= 11 is 0. The normalized spacial score (nSPS) is 11.5. The van der Waals surface area contributed by atoms with Crippen molar-refractivity contribution in [2.75, 3.05) is 7.05 Å². The molecule has 5 heteroatoms. The number of hydrogen-bond acceptors (Lipinski definition) is 4. The van der Waals surface area contributed by atoms with Crippen molar-refractivity contribution < 1.29 is 14.3 Å². The maximum absolute atomic E-state index is 12.1. The van der Waals surface area contributed by atoms with Gasteiger partial charge >= 0.3 is 5.97 Å². The highest BCUT2D eigenvalue weighted by Gasteiger charge is 2.15. The Balaban J connectivity index is 2.12. The smallest absolute Gasteiger partial charge is 0.338 e. The molecular formula is C16H16N2O3. The van der Waals surface area contributed by atoms with Crippen molar-refractivity contribution in [3.8, 4) is 0 Å². The van der Waals surface area contributed by atoms with Gasteiger partial charge < -0.3 is 10.1 Å². The molecule has 1 amide bonds. The summed E-state index contributed by atoms with van der Waals surface area (Å²) in [6, 6.07) is 11.8. The van der Waals surface area contributed by atoms with Crippen molar-refractivity contribution in [3.05, 3.63) is 65.5 Å². The molecular weight excluding hydrogens is 268 g/mol. The molecule has 2 rings (SSSR count). The summed E-state index contributed by atoms with van der Waals surface area (Å²) < 4.78 is 5.36. The van der Waals surface area contributed by atoms with Crippen LogP contribution < -0.4 is 5.32 Å². The Labute approximate surface area is 123 Å². The molecule has 2 aromatic rings. The van der Waals surface area contributed by atoms with Crippen LogP contribution in [0.25, 0.3) is 0 Å². The number of amides is 1. The van der Waals surface area contributed by atoms with Crippen LogP contribution in [0.15, 0.2) is 48.7 Å². The number of nitrogens with one attached hydrogen (secondary N) is 1. The summed E-state index contributed by atoms with van der Waals surface area (Å²) in [6.07, 6.45) is 1.19. The molecule has 0 saturated carbocycles. The van der Waals surface area contributed by atoms with Gasteiger partial charge in [-0.3, -0.25) is 9.78 Å². The summed E-state index contributed by atoms with van der Waals surface area (Å²) in [5.74, 6) is -0.735. The number of carbonyl (C=O) groups excluding carboxylic acids is 2. The maximum atomic E-state index is 12.1. The first kappa shape index (κ1) is 14.7. The van der Waals surface area contributed by atoms with Crippen LogP contribution in [0.2, 0.25) is 0 Å². The Morgan fingerprint density at radius 2 is 1.90 bits per heavy atom. The number of nitrogens with zero attached hydrogens (tertiary/aromatic N) is 1. The SMILES string of the molecule is CNC(=O)c1cccc(C(=O)OC(C)c2ccccn2)c1. The monoisotopic (exact) mass is 284 g/mol. The van der Waals surface area contributed by atoms with E-state index >= 15 is 0 Å². The van der Waals surface area contributed by atoms with E-state index in [-0.39, 0.29) is 5.91 Å². The lowest BCUT2D eigenvalue weighted by molar-refractivity contribution is 0.0329. The first-order chi connectivity index (χ1) is 10.1. The summed E-state index contributed by atoms with van der Waals surface area (Å²) in [7, 11) is 1.54. The van der Waals surface area contributed by atoms with Crippen LogP contribution in [0.3, 0.4) is 0 Å². The minimum Gasteiger partial charge on any atom is -0.453 e. The van der Waals surface area contributed by atoms with Crippen LogP contribution in [0.1, 0.15) is 39.4 Å². The molecule has 1 aromatic carbocycles. The van der Waals surface area contributed by atoms with Gasteiger partial charge in [0.15, 0.2) is 0 Å². The maximum Gasteiger partial charge on any atom is 0.338 e. The summed E-state index contributed by atoms with van der Waals surface area (Å²) in [5.41, 5.74) is 1.42. The van der Waals surface area contributed by atoms with Crippen molar-refractivity contribution in [2.24, 2.45) is 0 Å². The fraction of sp³-hybridized carbons (Fsp3) is 0.188. The number of pyridine rings is 1. The van der Waals surface area contributed by atoms with Crippen molar-refractivity contribution in [3.63, 3.8) is 0 Å². The molecule has 0 bridgehead atoms. The van der Waals surface area contributed by atoms with E-state index in [0.29, 0.717) is 16.8 Å². The van der Waals surface area contributed by atoms with E-state index in [1.165, 1.54) is 13.1 Å². The third kappa shape index (κ3) is 3.66. The van der Waals surface area contributed by atoms with Gasteiger partial charge in [-0.15, -0.1) is 0 Å². The number of rotatable bonds is 4. The highest BCUT2D eigenvalue weighted by molar-refractivity contribution is 5.97. The highest BCUT2D eigenvalue weighted by Crippen LogP contribution is 2.16. The first-order valence-electron chi connectivity index (χ1n) is 6.56. The van der Waals surface area contributed by atoms with Crippen LogP contribution >= 0.6 is 0 Å². The molecule has 5 nitrogen and oxygen atoms in total. The van der Waals surface area contributed by atoms with E-state index in [4.69, 9.17) is 4.74 Å². The lowest BCUT2D eigenvalue weighted by atomic mass is 10.1. The second-order valence-corrected chi connectivity index (χ2v) is 4.46. The molecule has 0 aliphatic carbocycles. The topological polar surface area (TPSA) is 68.3 Å². The highest BCUT2D eigenvalue weighted by atomic mass is 16.5. The van der Waals surface area contributed by atoms with Crippen LogP contribution in [-0.4, -0.2) is 23.9 Å². The zero-order valence-electron chi connectivity index (χ0n) is 11.9. The van der Waals surface area contributed by atoms with E-state index in [1.54, 1.807) is 43.5 Å². The summed E-state index contributed by atoms with van der Waals surface area (Å²) in [5, 5.41) is 2.51. The molecule has 0 aliphatic rings. The van der Waals surface area contributed by atoms with Gasteiger partial charge in [-0.25, -0.2) is 4.79 Å². The van der Waals surface area contributed by atoms with Crippen molar-refractivity contribution in [1.82, 2.24) is 10.3 Å². The van der Waals surface area contributed by atoms with Gasteiger partial charge in [0.05, 0.1) is 11.3 Å². The Kier molecular flexibility index (Phi) is 4.66. The molecule has 1 N–H and O–H groups in total. The van der Waals surface area contributed by atoms with Crippen molar-refractivity contribution >= 4 is 11.9 Å². The predicted octanol–water partition coefficient (Wildman–Crippen LogP) is 2.36. The summed E-state index contributed by atoms with van der Waals surface area (Å²) in [6.45, 7) is 1.75. The van der Waals surface area contributed by atoms with Gasteiger partial charge in [0, 0.05) is 18.8 Å². The molecule has 108 valence electrons. The molecule has 0 spiro atoms. The van der Waals surface area contributed by atoms with E-state index in [1.807, 2.05) is 6.07 Å². The van der Waals surface area contributed by atoms with Crippen LogP contribution in [-0.2, 0) is 4.74 Å². The molecule has 0 aliphatic heterocycles. The van der Waals surface area contributed by atoms with Gasteiger partial charge in [0.2, 0.25) is 0 Å². The molecule has 1 heterocycles. The van der Waals surface area contributed by atoms with Gasteiger partial charge in [-0.05, 0) is 37.3 Å². The number of ether oxygens (including phenoxy) is 1. The van der Waals surface area contributed by atoms with Gasteiger partial charge in [0.1, 0.15) is 6.10 Å². The van der Waals surface area contributed by atoms with Crippen molar-refractivity contribution in [1.29, 1.82) is 0 Å². The zero-order chi connectivity index (χ0) is 15.2. The molecule has 1 aromatic heterocycles. The average molecular weight is 284 g/mol. The zero-order valence-corrected chi connectivity index (χ0v) is 11.9. The van der Waals surface area contributed by atoms with Crippen molar-refractivity contribution in [2.45, 2.75) is 13.0 Å². The summed E-state index contributed by atoms with van der Waals surface area (Å²) in [4.78, 5) is 27.8. The number of carbonyl (C=O) groups is 2. The molecule has 1 atom stereocenters. The van der Waals surface area contributed by atoms with E-state index in [9.17, 15) is 9.59 Å². The van der Waals surface area contributed by atoms with Gasteiger partial charge in [-0.2, -0.15) is 0 Å². The largest absolute Gasteiger partial charge is 0.453 e. The molecule has 21 heavy (non-hydrogen) atoms. The second kappa shape index (κ2) is 6.65. The van der Waals surface area contributed by atoms with Crippen LogP contribution in [0.4, 0.5) is 0 Å². The fourth-order valence-corrected chi connectivity index (χ4v) is 1.84. The number of esters is 1. The quantitative estimate of drug-likeness (QED) is 0.875. The first-order valence-corrected chi connectivity index (χ1v) is 6.56. The number of aromatic nitrogens is 1. The lowest BCUT2D eigenvalue weighted by Crippen LogP contribution is -2.18.